The van der Waals surface area contributed by atoms with Crippen LogP contribution < -0.4 is 5.32 Å². The Labute approximate surface area is 292 Å². The van der Waals surface area contributed by atoms with Crippen molar-refractivity contribution in [2.45, 2.75) is 85.6 Å². The van der Waals surface area contributed by atoms with Gasteiger partial charge < -0.3 is 19.5 Å². The van der Waals surface area contributed by atoms with Crippen molar-refractivity contribution >= 4 is 46.2 Å². The molecule has 0 amide bonds. The number of nitrogens with one attached hydrogen (secondary N) is 1. The van der Waals surface area contributed by atoms with E-state index in [1.807, 2.05) is 31.5 Å². The van der Waals surface area contributed by atoms with E-state index in [2.05, 4.69) is 39.9 Å². The Hall–Kier alpha value is -3.50. The zero-order chi connectivity index (χ0) is 34.8. The average molecular weight is 696 g/mol. The zero-order valence-electron chi connectivity index (χ0n) is 28.7. The van der Waals surface area contributed by atoms with Gasteiger partial charge in [0.1, 0.15) is 11.1 Å². The minimum atomic E-state index is -0.832. The normalized spacial score (nSPS) is 14.1. The van der Waals surface area contributed by atoms with Crippen LogP contribution in [0.2, 0.25) is 10.0 Å². The Morgan fingerprint density at radius 2 is 1.75 bits per heavy atom. The number of aryl methyl sites for hydroxylation is 2. The second kappa shape index (κ2) is 14.5. The van der Waals surface area contributed by atoms with Crippen LogP contribution in [0, 0.1) is 12.3 Å². The summed E-state index contributed by atoms with van der Waals surface area (Å²) in [7, 11) is 1.44. The molecule has 9 nitrogen and oxygen atoms in total. The maximum Gasteiger partial charge on any atom is 0.341 e. The van der Waals surface area contributed by atoms with Crippen LogP contribution in [0.3, 0.4) is 0 Å². The molecule has 1 aliphatic rings. The molecule has 1 N–H and O–H groups in total. The summed E-state index contributed by atoms with van der Waals surface area (Å²) in [6, 6.07) is 14.1. The Balaban J connectivity index is 1.29. The monoisotopic (exact) mass is 694 g/mol. The highest BCUT2D eigenvalue weighted by atomic mass is 35.5. The molecule has 11 heteroatoms. The topological polar surface area (TPSA) is 105 Å². The predicted octanol–water partition coefficient (Wildman–Crippen LogP) is 7.59. The zero-order valence-corrected chi connectivity index (χ0v) is 30.2. The number of halogens is 2. The van der Waals surface area contributed by atoms with Gasteiger partial charge in [0.25, 0.3) is 0 Å². The second-order valence-electron chi connectivity index (χ2n) is 13.9. The average Bonchev–Trinajstić information content (AvgIpc) is 3.44. The van der Waals surface area contributed by atoms with Crippen LogP contribution >= 0.6 is 23.2 Å². The van der Waals surface area contributed by atoms with Gasteiger partial charge in [0, 0.05) is 25.6 Å². The van der Waals surface area contributed by atoms with E-state index in [4.69, 9.17) is 37.4 Å². The van der Waals surface area contributed by atoms with Gasteiger partial charge in [0.05, 0.1) is 40.3 Å². The first kappa shape index (κ1) is 35.8. The van der Waals surface area contributed by atoms with E-state index >= 15 is 0 Å². The molecule has 1 aromatic heterocycles. The lowest BCUT2D eigenvalue weighted by Gasteiger charge is -2.34. The SMILES string of the molecule is COC(=O)C(C)(C)C(c1ccc2c(c1)CNCC2)c1ccc2c(nnn2CCCOCc2cc(Cl)c(C(=O)OC(C)(C)C)c(Cl)c2)c1C. The number of fused-ring (bicyclic) bond motifs is 2. The van der Waals surface area contributed by atoms with Crippen LogP contribution in [-0.4, -0.2) is 52.8 Å². The van der Waals surface area contributed by atoms with Gasteiger partial charge >= 0.3 is 11.9 Å². The van der Waals surface area contributed by atoms with E-state index in [1.54, 1.807) is 32.9 Å². The van der Waals surface area contributed by atoms with Gasteiger partial charge in [-0.05, 0) is 113 Å². The maximum atomic E-state index is 13.2. The molecule has 0 saturated heterocycles. The van der Waals surface area contributed by atoms with Crippen LogP contribution in [0.4, 0.5) is 0 Å². The number of carbonyl (C=O) groups is 2. The van der Waals surface area contributed by atoms with E-state index in [0.29, 0.717) is 19.6 Å². The van der Waals surface area contributed by atoms with Crippen LogP contribution in [0.5, 0.6) is 0 Å². The molecule has 0 spiro atoms. The maximum absolute atomic E-state index is 13.2. The smallest absolute Gasteiger partial charge is 0.341 e. The minimum absolute atomic E-state index is 0.147. The molecule has 1 aliphatic heterocycles. The summed E-state index contributed by atoms with van der Waals surface area (Å²) in [6.45, 7) is 14.4. The molecule has 0 saturated carbocycles. The first-order chi connectivity index (χ1) is 22.7. The van der Waals surface area contributed by atoms with Gasteiger partial charge in [-0.2, -0.15) is 0 Å². The Bertz CT molecular complexity index is 1810. The lowest BCUT2D eigenvalue weighted by molar-refractivity contribution is -0.151. The number of aromatic nitrogens is 3. The fourth-order valence-electron chi connectivity index (χ4n) is 6.45. The molecule has 1 atom stereocenters. The van der Waals surface area contributed by atoms with E-state index in [0.717, 1.165) is 52.8 Å². The van der Waals surface area contributed by atoms with Crippen LogP contribution in [0.15, 0.2) is 42.5 Å². The number of carbonyl (C=O) groups excluding carboxylic acids is 2. The molecule has 0 radical (unpaired) electrons. The van der Waals surface area contributed by atoms with Gasteiger partial charge in [-0.25, -0.2) is 9.48 Å². The summed E-state index contributed by atoms with van der Waals surface area (Å²) in [6.07, 6.45) is 1.68. The standard InChI is InChI=1S/C37H44Cl2N4O5/c1-22-27(32(37(5,6)35(45)46-7)25-10-9-24-13-14-40-20-26(24)19-25)11-12-30-33(22)41-42-43(30)15-8-16-47-21-23-17-28(38)31(29(39)18-23)34(44)48-36(2,3)4/h9-12,17-19,32,40H,8,13-16,20-21H2,1-7H3. The molecule has 4 aromatic rings. The third-order valence-corrected chi connectivity index (χ3v) is 9.41. The molecular formula is C37H44Cl2N4O5. The van der Waals surface area contributed by atoms with E-state index < -0.39 is 17.0 Å². The van der Waals surface area contributed by atoms with Crippen molar-refractivity contribution in [1.82, 2.24) is 20.3 Å². The summed E-state index contributed by atoms with van der Waals surface area (Å²) in [5.74, 6) is -1.08. The fourth-order valence-corrected chi connectivity index (χ4v) is 7.13. The van der Waals surface area contributed by atoms with Gasteiger partial charge in [0.2, 0.25) is 0 Å². The van der Waals surface area contributed by atoms with Crippen LogP contribution in [0.25, 0.3) is 11.0 Å². The van der Waals surface area contributed by atoms with Crippen molar-refractivity contribution in [1.29, 1.82) is 0 Å². The number of benzene rings is 3. The third-order valence-electron chi connectivity index (χ3n) is 8.81. The number of esters is 2. The summed E-state index contributed by atoms with van der Waals surface area (Å²) < 4.78 is 18.5. The van der Waals surface area contributed by atoms with Gasteiger partial charge in [-0.3, -0.25) is 4.79 Å². The number of methoxy groups -OCH3 is 1. The first-order valence-corrected chi connectivity index (χ1v) is 17.0. The Kier molecular flexibility index (Phi) is 10.8. The lowest BCUT2D eigenvalue weighted by Crippen LogP contribution is -2.34. The van der Waals surface area contributed by atoms with Crippen molar-refractivity contribution in [3.05, 3.63) is 91.5 Å². The minimum Gasteiger partial charge on any atom is -0.469 e. The van der Waals surface area contributed by atoms with Crippen molar-refractivity contribution in [3.63, 3.8) is 0 Å². The van der Waals surface area contributed by atoms with Gasteiger partial charge in [0.15, 0.2) is 0 Å². The molecule has 5 rings (SSSR count). The summed E-state index contributed by atoms with van der Waals surface area (Å²) in [4.78, 5) is 25.7. The highest BCUT2D eigenvalue weighted by Crippen LogP contribution is 2.44. The number of hydrogen-bond acceptors (Lipinski definition) is 8. The highest BCUT2D eigenvalue weighted by Gasteiger charge is 2.41. The summed E-state index contributed by atoms with van der Waals surface area (Å²) in [5, 5.41) is 12.9. The third kappa shape index (κ3) is 7.70. The van der Waals surface area contributed by atoms with Crippen molar-refractivity contribution < 1.29 is 23.8 Å². The molecule has 1 unspecified atom stereocenters. The molecule has 3 aromatic carbocycles. The molecule has 2 heterocycles. The Morgan fingerprint density at radius 3 is 2.44 bits per heavy atom. The lowest BCUT2D eigenvalue weighted by atomic mass is 9.69. The molecule has 0 bridgehead atoms. The number of rotatable bonds is 11. The molecular weight excluding hydrogens is 651 g/mol. The molecule has 48 heavy (non-hydrogen) atoms. The van der Waals surface area contributed by atoms with Crippen molar-refractivity contribution in [2.24, 2.45) is 5.41 Å². The fraction of sp³-hybridized carbons (Fsp3) is 0.459. The van der Waals surface area contributed by atoms with Crippen molar-refractivity contribution in [2.75, 3.05) is 20.3 Å². The predicted molar refractivity (Wildman–Crippen MR) is 188 cm³/mol. The first-order valence-electron chi connectivity index (χ1n) is 16.2. The van der Waals surface area contributed by atoms with Gasteiger partial charge in [-0.15, -0.1) is 5.10 Å². The quantitative estimate of drug-likeness (QED) is 0.127. The Morgan fingerprint density at radius 1 is 1.02 bits per heavy atom. The van der Waals surface area contributed by atoms with E-state index in [1.165, 1.54) is 18.2 Å². The summed E-state index contributed by atoms with van der Waals surface area (Å²) >= 11 is 12.8. The largest absolute Gasteiger partial charge is 0.469 e. The van der Waals surface area contributed by atoms with E-state index in [-0.39, 0.29) is 34.1 Å². The molecule has 0 aliphatic carbocycles. The summed E-state index contributed by atoms with van der Waals surface area (Å²) in [5.41, 5.74) is 6.80. The van der Waals surface area contributed by atoms with E-state index in [9.17, 15) is 9.59 Å². The number of nitrogens with zero attached hydrogens (tertiary/aromatic N) is 3. The number of ether oxygens (including phenoxy) is 3. The van der Waals surface area contributed by atoms with Gasteiger partial charge in [-0.1, -0.05) is 52.7 Å². The van der Waals surface area contributed by atoms with Crippen LogP contribution in [-0.2, 0) is 45.1 Å². The molecule has 0 fully saturated rings. The van der Waals surface area contributed by atoms with Crippen LogP contribution in [0.1, 0.15) is 90.7 Å². The number of hydrogen-bond donors (Lipinski definition) is 1. The van der Waals surface area contributed by atoms with Crippen molar-refractivity contribution in [3.8, 4) is 0 Å². The second-order valence-corrected chi connectivity index (χ2v) is 14.7. The highest BCUT2D eigenvalue weighted by molar-refractivity contribution is 6.39. The molecule has 256 valence electrons.